The fourth-order valence-corrected chi connectivity index (χ4v) is 2.49. The summed E-state index contributed by atoms with van der Waals surface area (Å²) in [4.78, 5) is 8.71. The van der Waals surface area contributed by atoms with Crippen LogP contribution in [0.15, 0.2) is 18.2 Å². The molecule has 0 unspecified atom stereocenters. The molecule has 2 aromatic rings. The van der Waals surface area contributed by atoms with Gasteiger partial charge in [-0.25, -0.2) is 9.97 Å². The van der Waals surface area contributed by atoms with E-state index in [2.05, 4.69) is 56.7 Å². The van der Waals surface area contributed by atoms with Crippen molar-refractivity contribution in [3.05, 3.63) is 40.6 Å². The van der Waals surface area contributed by atoms with E-state index in [1.54, 1.807) is 0 Å². The second-order valence-electron chi connectivity index (χ2n) is 5.46. The topological polar surface area (TPSA) is 51.8 Å². The first kappa shape index (κ1) is 13.5. The molecule has 0 saturated carbocycles. The second kappa shape index (κ2) is 5.00. The Labute approximate surface area is 114 Å². The average molecular weight is 255 g/mol. The lowest BCUT2D eigenvalue weighted by atomic mass is 9.96. The Morgan fingerprint density at radius 3 is 2.05 bits per heavy atom. The molecule has 0 aliphatic carbocycles. The van der Waals surface area contributed by atoms with Crippen molar-refractivity contribution in [1.29, 1.82) is 0 Å². The monoisotopic (exact) mass is 255 g/mol. The van der Waals surface area contributed by atoms with Gasteiger partial charge < -0.3 is 5.73 Å². The molecule has 0 bridgehead atoms. The maximum atomic E-state index is 5.84. The highest BCUT2D eigenvalue weighted by Crippen LogP contribution is 2.29. The van der Waals surface area contributed by atoms with Gasteiger partial charge in [0.25, 0.3) is 0 Å². The van der Waals surface area contributed by atoms with Crippen LogP contribution in [0.4, 0.5) is 5.95 Å². The number of hydrogen-bond donors (Lipinski definition) is 1. The number of nitrogen functional groups attached to an aromatic ring is 1. The Bertz CT molecular complexity index is 592. The fraction of sp³-hybridized carbons (Fsp3) is 0.375. The summed E-state index contributed by atoms with van der Waals surface area (Å²) in [6.07, 6.45) is 0. The highest BCUT2D eigenvalue weighted by Gasteiger charge is 2.12. The Kier molecular flexibility index (Phi) is 3.56. The van der Waals surface area contributed by atoms with E-state index in [9.17, 15) is 0 Å². The fourth-order valence-electron chi connectivity index (χ4n) is 2.49. The molecule has 0 aliphatic heterocycles. The van der Waals surface area contributed by atoms with Gasteiger partial charge in [-0.15, -0.1) is 0 Å². The van der Waals surface area contributed by atoms with Crippen LogP contribution in [0, 0.1) is 20.8 Å². The summed E-state index contributed by atoms with van der Waals surface area (Å²) in [7, 11) is 0. The molecule has 0 radical (unpaired) electrons. The van der Waals surface area contributed by atoms with E-state index in [0.717, 1.165) is 11.4 Å². The Balaban J connectivity index is 2.65. The number of anilines is 1. The Morgan fingerprint density at radius 1 is 0.947 bits per heavy atom. The van der Waals surface area contributed by atoms with E-state index in [-0.39, 0.29) is 0 Å². The minimum Gasteiger partial charge on any atom is -0.368 e. The van der Waals surface area contributed by atoms with Gasteiger partial charge in [0.1, 0.15) is 0 Å². The lowest BCUT2D eigenvalue weighted by molar-refractivity contribution is 0.818. The molecule has 2 N–H and O–H groups in total. The Morgan fingerprint density at radius 2 is 1.53 bits per heavy atom. The van der Waals surface area contributed by atoms with Gasteiger partial charge in [0.2, 0.25) is 5.95 Å². The van der Waals surface area contributed by atoms with Gasteiger partial charge in [-0.3, -0.25) is 0 Å². The van der Waals surface area contributed by atoms with Crippen molar-refractivity contribution in [2.24, 2.45) is 0 Å². The predicted molar refractivity (Wildman–Crippen MR) is 80.2 cm³/mol. The largest absolute Gasteiger partial charge is 0.368 e. The summed E-state index contributed by atoms with van der Waals surface area (Å²) in [5.41, 5.74) is 12.6. The number of nitrogens with zero attached hydrogens (tertiary/aromatic N) is 2. The van der Waals surface area contributed by atoms with E-state index in [1.807, 2.05) is 6.07 Å². The predicted octanol–water partition coefficient (Wildman–Crippen LogP) is 3.77. The number of benzene rings is 1. The zero-order valence-electron chi connectivity index (χ0n) is 12.3. The van der Waals surface area contributed by atoms with Crippen LogP contribution in [0.2, 0.25) is 0 Å². The van der Waals surface area contributed by atoms with Crippen LogP contribution < -0.4 is 5.73 Å². The van der Waals surface area contributed by atoms with Crippen molar-refractivity contribution < 1.29 is 0 Å². The van der Waals surface area contributed by atoms with Crippen LogP contribution >= 0.6 is 0 Å². The van der Waals surface area contributed by atoms with E-state index < -0.39 is 0 Å². The van der Waals surface area contributed by atoms with Gasteiger partial charge in [0.05, 0.1) is 5.69 Å². The van der Waals surface area contributed by atoms with Crippen molar-refractivity contribution in [2.75, 3.05) is 5.73 Å². The summed E-state index contributed by atoms with van der Waals surface area (Å²) >= 11 is 0. The smallest absolute Gasteiger partial charge is 0.220 e. The third-order valence-corrected chi connectivity index (χ3v) is 3.29. The summed E-state index contributed by atoms with van der Waals surface area (Å²) in [6, 6.07) is 6.40. The highest BCUT2D eigenvalue weighted by molar-refractivity contribution is 5.69. The summed E-state index contributed by atoms with van der Waals surface area (Å²) in [5.74, 6) is 0.690. The van der Waals surface area contributed by atoms with Crippen LogP contribution in [0.1, 0.15) is 42.1 Å². The summed E-state index contributed by atoms with van der Waals surface area (Å²) < 4.78 is 0. The van der Waals surface area contributed by atoms with Crippen LogP contribution in [0.25, 0.3) is 11.3 Å². The molecule has 1 aromatic heterocycles. The maximum Gasteiger partial charge on any atom is 0.220 e. The Hall–Kier alpha value is -1.90. The third-order valence-electron chi connectivity index (χ3n) is 3.29. The quantitative estimate of drug-likeness (QED) is 0.888. The van der Waals surface area contributed by atoms with Crippen molar-refractivity contribution in [3.8, 4) is 11.3 Å². The summed E-state index contributed by atoms with van der Waals surface area (Å²) in [6.45, 7) is 10.6. The third kappa shape index (κ3) is 2.75. The normalized spacial score (nSPS) is 11.1. The number of aryl methyl sites for hydroxylation is 3. The molecular formula is C16H21N3. The first-order chi connectivity index (χ1) is 8.88. The number of nitrogens with two attached hydrogens (primary N) is 1. The molecule has 19 heavy (non-hydrogen) atoms. The van der Waals surface area contributed by atoms with Crippen LogP contribution in [0.3, 0.4) is 0 Å². The molecule has 2 rings (SSSR count). The molecule has 0 spiro atoms. The van der Waals surface area contributed by atoms with Crippen LogP contribution in [-0.4, -0.2) is 9.97 Å². The molecule has 0 fully saturated rings. The van der Waals surface area contributed by atoms with Crippen LogP contribution in [-0.2, 0) is 0 Å². The van der Waals surface area contributed by atoms with Crippen molar-refractivity contribution in [3.63, 3.8) is 0 Å². The minimum atomic E-state index is 0.343. The molecule has 0 aliphatic rings. The van der Waals surface area contributed by atoms with E-state index >= 15 is 0 Å². The average Bonchev–Trinajstić information content (AvgIpc) is 2.26. The van der Waals surface area contributed by atoms with E-state index in [4.69, 9.17) is 5.73 Å². The van der Waals surface area contributed by atoms with Gasteiger partial charge in [-0.05, 0) is 43.9 Å². The zero-order valence-corrected chi connectivity index (χ0v) is 12.3. The zero-order chi connectivity index (χ0) is 14.2. The molecule has 1 heterocycles. The van der Waals surface area contributed by atoms with Crippen molar-refractivity contribution in [2.45, 2.75) is 40.5 Å². The molecule has 100 valence electrons. The molecule has 3 heteroatoms. The number of rotatable bonds is 2. The van der Waals surface area contributed by atoms with Crippen molar-refractivity contribution >= 4 is 5.95 Å². The van der Waals surface area contributed by atoms with Crippen LogP contribution in [0.5, 0.6) is 0 Å². The molecule has 1 aromatic carbocycles. The van der Waals surface area contributed by atoms with E-state index in [0.29, 0.717) is 11.9 Å². The maximum absolute atomic E-state index is 5.84. The van der Waals surface area contributed by atoms with Gasteiger partial charge in [0.15, 0.2) is 0 Å². The number of aromatic nitrogens is 2. The molecular weight excluding hydrogens is 234 g/mol. The lowest BCUT2D eigenvalue weighted by Crippen LogP contribution is -2.03. The molecule has 3 nitrogen and oxygen atoms in total. The van der Waals surface area contributed by atoms with E-state index in [1.165, 1.54) is 22.3 Å². The van der Waals surface area contributed by atoms with Gasteiger partial charge in [-0.1, -0.05) is 31.5 Å². The van der Waals surface area contributed by atoms with Crippen molar-refractivity contribution in [1.82, 2.24) is 9.97 Å². The highest BCUT2D eigenvalue weighted by atomic mass is 15.0. The van der Waals surface area contributed by atoms with Gasteiger partial charge in [0, 0.05) is 11.3 Å². The van der Waals surface area contributed by atoms with Gasteiger partial charge >= 0.3 is 0 Å². The lowest BCUT2D eigenvalue weighted by Gasteiger charge is -2.13. The van der Waals surface area contributed by atoms with Gasteiger partial charge in [-0.2, -0.15) is 0 Å². The minimum absolute atomic E-state index is 0.343. The molecule has 0 amide bonds. The first-order valence-electron chi connectivity index (χ1n) is 6.61. The number of hydrogen-bond acceptors (Lipinski definition) is 3. The molecule has 0 atom stereocenters. The standard InChI is InChI=1S/C16H21N3/c1-9(2)13-8-14(19-16(17)18-13)15-11(4)6-10(3)7-12(15)5/h6-9H,1-5H3,(H2,17,18,19). The SMILES string of the molecule is Cc1cc(C)c(-c2cc(C(C)C)nc(N)n2)c(C)c1. The summed E-state index contributed by atoms with van der Waals surface area (Å²) in [5, 5.41) is 0. The first-order valence-corrected chi connectivity index (χ1v) is 6.61. The second-order valence-corrected chi connectivity index (χ2v) is 5.46. The molecule has 0 saturated heterocycles.